The minimum absolute atomic E-state index is 0.468. The fourth-order valence-electron chi connectivity index (χ4n) is 3.57. The highest BCUT2D eigenvalue weighted by molar-refractivity contribution is 5.85. The molecule has 5 aromatic rings. The molecule has 0 atom stereocenters. The van der Waals surface area contributed by atoms with Crippen molar-refractivity contribution in [3.63, 3.8) is 0 Å². The van der Waals surface area contributed by atoms with Crippen LogP contribution >= 0.6 is 0 Å². The summed E-state index contributed by atoms with van der Waals surface area (Å²) in [5, 5.41) is 1.05. The van der Waals surface area contributed by atoms with Gasteiger partial charge in [0.1, 0.15) is 41.6 Å². The van der Waals surface area contributed by atoms with E-state index in [0.717, 1.165) is 44.9 Å². The van der Waals surface area contributed by atoms with Crippen LogP contribution in [0, 0.1) is 0 Å². The predicted octanol–water partition coefficient (Wildman–Crippen LogP) is 7.26. The van der Waals surface area contributed by atoms with Gasteiger partial charge in [-0.15, -0.1) is 0 Å². The van der Waals surface area contributed by atoms with Crippen LogP contribution in [-0.2, 0) is 13.2 Å². The Bertz CT molecular complexity index is 1180. The van der Waals surface area contributed by atoms with Crippen molar-refractivity contribution in [2.75, 3.05) is 0 Å². The van der Waals surface area contributed by atoms with Crippen molar-refractivity contribution in [1.29, 1.82) is 0 Å². The van der Waals surface area contributed by atoms with Gasteiger partial charge < -0.3 is 13.9 Å². The number of para-hydroxylation sites is 1. The van der Waals surface area contributed by atoms with Gasteiger partial charge in [-0.3, -0.25) is 0 Å². The molecule has 31 heavy (non-hydrogen) atoms. The summed E-state index contributed by atoms with van der Waals surface area (Å²) in [5.41, 5.74) is 3.87. The molecule has 0 aliphatic heterocycles. The largest absolute Gasteiger partial charge is 0.488 e. The number of fused-ring (bicyclic) bond motifs is 1. The number of rotatable bonds is 7. The number of furan rings is 1. The molecule has 0 aliphatic carbocycles. The van der Waals surface area contributed by atoms with Crippen molar-refractivity contribution < 1.29 is 13.9 Å². The van der Waals surface area contributed by atoms with E-state index in [0.29, 0.717) is 13.2 Å². The molecule has 1 heterocycles. The Kier molecular flexibility index (Phi) is 5.40. The highest BCUT2D eigenvalue weighted by atomic mass is 16.5. The van der Waals surface area contributed by atoms with E-state index < -0.39 is 0 Å². The summed E-state index contributed by atoms with van der Waals surface area (Å²) in [5.74, 6) is 2.19. The molecule has 0 aliphatic rings. The third-order valence-electron chi connectivity index (χ3n) is 5.13. The lowest BCUT2D eigenvalue weighted by Crippen LogP contribution is -2.00. The average molecular weight is 406 g/mol. The Morgan fingerprint density at radius 2 is 1.10 bits per heavy atom. The lowest BCUT2D eigenvalue weighted by atomic mass is 10.1. The summed E-state index contributed by atoms with van der Waals surface area (Å²) in [6, 6.07) is 36.2. The summed E-state index contributed by atoms with van der Waals surface area (Å²) in [6.07, 6.45) is 0. The molecule has 0 saturated carbocycles. The monoisotopic (exact) mass is 406 g/mol. The SMILES string of the molecule is c1ccc(COc2cccc(OCc3ccccc3)c2-c2cc3ccccc3o2)cc1. The van der Waals surface area contributed by atoms with Gasteiger partial charge in [-0.25, -0.2) is 0 Å². The van der Waals surface area contributed by atoms with Gasteiger partial charge in [0.25, 0.3) is 0 Å². The molecule has 0 N–H and O–H groups in total. The number of ether oxygens (including phenoxy) is 2. The van der Waals surface area contributed by atoms with Gasteiger partial charge in [0.05, 0.1) is 0 Å². The second kappa shape index (κ2) is 8.80. The van der Waals surface area contributed by atoms with Crippen LogP contribution in [0.25, 0.3) is 22.3 Å². The fourth-order valence-corrected chi connectivity index (χ4v) is 3.57. The Labute approximate surface area is 181 Å². The molecule has 152 valence electrons. The number of hydrogen-bond donors (Lipinski definition) is 0. The second-order valence-corrected chi connectivity index (χ2v) is 7.33. The van der Waals surface area contributed by atoms with Crippen molar-refractivity contribution in [3.05, 3.63) is 120 Å². The molecule has 0 unspecified atom stereocenters. The van der Waals surface area contributed by atoms with Crippen molar-refractivity contribution in [2.24, 2.45) is 0 Å². The molecule has 0 bridgehead atoms. The molecule has 0 saturated heterocycles. The molecule has 0 radical (unpaired) electrons. The number of hydrogen-bond acceptors (Lipinski definition) is 3. The fraction of sp³-hybridized carbons (Fsp3) is 0.0714. The molecule has 1 aromatic heterocycles. The van der Waals surface area contributed by atoms with E-state index in [2.05, 4.69) is 24.3 Å². The van der Waals surface area contributed by atoms with Crippen molar-refractivity contribution in [1.82, 2.24) is 0 Å². The summed E-state index contributed by atoms with van der Waals surface area (Å²) in [6.45, 7) is 0.937. The van der Waals surface area contributed by atoms with Crippen LogP contribution in [0.4, 0.5) is 0 Å². The quantitative estimate of drug-likeness (QED) is 0.285. The topological polar surface area (TPSA) is 31.6 Å². The first-order valence-electron chi connectivity index (χ1n) is 10.3. The smallest absolute Gasteiger partial charge is 0.142 e. The first kappa shape index (κ1) is 19.0. The predicted molar refractivity (Wildman–Crippen MR) is 123 cm³/mol. The van der Waals surface area contributed by atoms with Gasteiger partial charge in [0, 0.05) is 5.39 Å². The maximum atomic E-state index is 6.23. The lowest BCUT2D eigenvalue weighted by Gasteiger charge is -2.15. The molecule has 3 heteroatoms. The minimum atomic E-state index is 0.468. The van der Waals surface area contributed by atoms with Crippen LogP contribution in [0.2, 0.25) is 0 Å². The van der Waals surface area contributed by atoms with E-state index in [1.807, 2.05) is 84.9 Å². The zero-order chi connectivity index (χ0) is 20.9. The van der Waals surface area contributed by atoms with Gasteiger partial charge in [-0.2, -0.15) is 0 Å². The first-order chi connectivity index (χ1) is 15.4. The van der Waals surface area contributed by atoms with Gasteiger partial charge in [0.2, 0.25) is 0 Å². The van der Waals surface area contributed by atoms with E-state index in [4.69, 9.17) is 13.9 Å². The summed E-state index contributed by atoms with van der Waals surface area (Å²) in [7, 11) is 0. The van der Waals surface area contributed by atoms with Crippen LogP contribution in [0.15, 0.2) is 114 Å². The second-order valence-electron chi connectivity index (χ2n) is 7.33. The molecule has 4 aromatic carbocycles. The van der Waals surface area contributed by atoms with Gasteiger partial charge >= 0.3 is 0 Å². The maximum Gasteiger partial charge on any atom is 0.142 e. The van der Waals surface area contributed by atoms with Crippen LogP contribution in [-0.4, -0.2) is 0 Å². The zero-order valence-electron chi connectivity index (χ0n) is 17.0. The molecule has 0 spiro atoms. The third-order valence-corrected chi connectivity index (χ3v) is 5.13. The first-order valence-corrected chi connectivity index (χ1v) is 10.3. The van der Waals surface area contributed by atoms with Crippen LogP contribution < -0.4 is 9.47 Å². The lowest BCUT2D eigenvalue weighted by molar-refractivity contribution is 0.291. The van der Waals surface area contributed by atoms with Crippen molar-refractivity contribution >= 4 is 11.0 Å². The van der Waals surface area contributed by atoms with Crippen molar-refractivity contribution in [2.45, 2.75) is 13.2 Å². The third kappa shape index (κ3) is 4.31. The van der Waals surface area contributed by atoms with Crippen LogP contribution in [0.5, 0.6) is 11.5 Å². The normalized spacial score (nSPS) is 10.8. The van der Waals surface area contributed by atoms with Crippen LogP contribution in [0.3, 0.4) is 0 Å². The Balaban J connectivity index is 1.51. The maximum absolute atomic E-state index is 6.23. The summed E-state index contributed by atoms with van der Waals surface area (Å²) >= 11 is 0. The number of benzene rings is 4. The minimum Gasteiger partial charge on any atom is -0.488 e. The van der Waals surface area contributed by atoms with E-state index in [-0.39, 0.29) is 0 Å². The molecule has 3 nitrogen and oxygen atoms in total. The highest BCUT2D eigenvalue weighted by Crippen LogP contribution is 2.41. The van der Waals surface area contributed by atoms with E-state index in [1.54, 1.807) is 0 Å². The molecule has 0 fully saturated rings. The van der Waals surface area contributed by atoms with Gasteiger partial charge in [-0.1, -0.05) is 84.9 Å². The zero-order valence-corrected chi connectivity index (χ0v) is 17.0. The summed E-state index contributed by atoms with van der Waals surface area (Å²) in [4.78, 5) is 0. The Morgan fingerprint density at radius 3 is 1.68 bits per heavy atom. The average Bonchev–Trinajstić information content (AvgIpc) is 3.26. The van der Waals surface area contributed by atoms with E-state index >= 15 is 0 Å². The molecular formula is C28H22O3. The van der Waals surface area contributed by atoms with Crippen molar-refractivity contribution in [3.8, 4) is 22.8 Å². The Hall–Kier alpha value is -3.98. The summed E-state index contributed by atoms with van der Waals surface area (Å²) < 4.78 is 18.6. The Morgan fingerprint density at radius 1 is 0.548 bits per heavy atom. The van der Waals surface area contributed by atoms with E-state index in [9.17, 15) is 0 Å². The highest BCUT2D eigenvalue weighted by Gasteiger charge is 2.18. The standard InChI is InChI=1S/C28H22O3/c1-3-10-21(11-4-1)19-29-25-16-9-17-26(30-20-22-12-5-2-6-13-22)28(25)27-18-23-14-7-8-15-24(23)31-27/h1-18H,19-20H2. The van der Waals surface area contributed by atoms with Gasteiger partial charge in [0.15, 0.2) is 0 Å². The van der Waals surface area contributed by atoms with Crippen LogP contribution in [0.1, 0.15) is 11.1 Å². The van der Waals surface area contributed by atoms with Gasteiger partial charge in [-0.05, 0) is 35.4 Å². The molecule has 0 amide bonds. The molecule has 5 rings (SSSR count). The molecular weight excluding hydrogens is 384 g/mol. The van der Waals surface area contributed by atoms with E-state index in [1.165, 1.54) is 0 Å².